The molecule has 0 saturated heterocycles. The first-order chi connectivity index (χ1) is 12.1. The molecule has 0 radical (unpaired) electrons. The quantitative estimate of drug-likeness (QED) is 0.706. The molecule has 3 rings (SSSR count). The molecule has 1 amide bonds. The molecule has 0 unspecified atom stereocenters. The number of hydrogen-bond donors (Lipinski definition) is 0. The molecule has 2 aromatic carbocycles. The molecular formula is C19H17F2N3O. The van der Waals surface area contributed by atoms with Gasteiger partial charge in [-0.2, -0.15) is 5.10 Å². The van der Waals surface area contributed by atoms with Crippen LogP contribution in [-0.4, -0.2) is 22.2 Å². The molecule has 25 heavy (non-hydrogen) atoms. The number of carbonyl (C=O) groups excluding carboxylic acids is 1. The third kappa shape index (κ3) is 3.74. The van der Waals surface area contributed by atoms with E-state index in [1.54, 1.807) is 29.9 Å². The highest BCUT2D eigenvalue weighted by Gasteiger charge is 2.17. The summed E-state index contributed by atoms with van der Waals surface area (Å²) in [5.74, 6) is -2.17. The molecule has 0 atom stereocenters. The van der Waals surface area contributed by atoms with Crippen molar-refractivity contribution in [2.24, 2.45) is 0 Å². The Balaban J connectivity index is 1.79. The largest absolute Gasteiger partial charge is 0.309 e. The zero-order valence-corrected chi connectivity index (χ0v) is 13.7. The van der Waals surface area contributed by atoms with Crippen molar-refractivity contribution in [3.63, 3.8) is 0 Å². The minimum absolute atomic E-state index is 0.265. The lowest BCUT2D eigenvalue weighted by molar-refractivity contribution is 0.0988. The normalized spacial score (nSPS) is 10.7. The molecule has 6 heteroatoms. The Morgan fingerprint density at radius 3 is 2.48 bits per heavy atom. The van der Waals surface area contributed by atoms with Crippen LogP contribution < -0.4 is 4.90 Å². The second-order valence-corrected chi connectivity index (χ2v) is 5.55. The fourth-order valence-electron chi connectivity index (χ4n) is 2.59. The van der Waals surface area contributed by atoms with Gasteiger partial charge in [0, 0.05) is 36.3 Å². The summed E-state index contributed by atoms with van der Waals surface area (Å²) in [6.45, 7) is 2.74. The summed E-state index contributed by atoms with van der Waals surface area (Å²) in [5, 5.41) is 4.14. The van der Waals surface area contributed by atoms with Crippen LogP contribution in [0.2, 0.25) is 0 Å². The maximum Gasteiger partial charge on any atom is 0.258 e. The van der Waals surface area contributed by atoms with Crippen molar-refractivity contribution in [3.05, 3.63) is 83.7 Å². The highest BCUT2D eigenvalue weighted by Crippen LogP contribution is 2.20. The van der Waals surface area contributed by atoms with Gasteiger partial charge in [-0.25, -0.2) is 8.78 Å². The van der Waals surface area contributed by atoms with E-state index in [4.69, 9.17) is 0 Å². The van der Waals surface area contributed by atoms with Crippen LogP contribution in [0.5, 0.6) is 0 Å². The van der Waals surface area contributed by atoms with E-state index < -0.39 is 11.6 Å². The van der Waals surface area contributed by atoms with E-state index >= 15 is 0 Å². The maximum absolute atomic E-state index is 13.5. The maximum atomic E-state index is 13.5. The van der Waals surface area contributed by atoms with E-state index in [1.165, 1.54) is 11.0 Å². The second-order valence-electron chi connectivity index (χ2n) is 5.55. The highest BCUT2D eigenvalue weighted by molar-refractivity contribution is 6.06. The van der Waals surface area contributed by atoms with Crippen LogP contribution in [0.1, 0.15) is 22.8 Å². The summed E-state index contributed by atoms with van der Waals surface area (Å²) in [6, 6.07) is 12.5. The number of carbonyl (C=O) groups is 1. The minimum Gasteiger partial charge on any atom is -0.309 e. The molecule has 0 spiro atoms. The van der Waals surface area contributed by atoms with Crippen molar-refractivity contribution < 1.29 is 13.6 Å². The zero-order chi connectivity index (χ0) is 17.8. The van der Waals surface area contributed by atoms with E-state index in [2.05, 4.69) is 5.10 Å². The van der Waals surface area contributed by atoms with E-state index in [0.29, 0.717) is 24.3 Å². The molecular weight excluding hydrogens is 324 g/mol. The van der Waals surface area contributed by atoms with Gasteiger partial charge in [0.15, 0.2) is 11.6 Å². The summed E-state index contributed by atoms with van der Waals surface area (Å²) >= 11 is 0. The lowest BCUT2D eigenvalue weighted by Crippen LogP contribution is -2.30. The molecule has 1 aromatic heterocycles. The number of anilines is 1. The Labute approximate surface area is 144 Å². The van der Waals surface area contributed by atoms with E-state index in [-0.39, 0.29) is 5.91 Å². The molecule has 128 valence electrons. The fraction of sp³-hybridized carbons (Fsp3) is 0.158. The monoisotopic (exact) mass is 341 g/mol. The second kappa shape index (κ2) is 7.25. The molecule has 4 nitrogen and oxygen atoms in total. The third-order valence-corrected chi connectivity index (χ3v) is 3.88. The topological polar surface area (TPSA) is 38.1 Å². The number of rotatable bonds is 5. The molecule has 0 saturated carbocycles. The van der Waals surface area contributed by atoms with Gasteiger partial charge < -0.3 is 4.90 Å². The Morgan fingerprint density at radius 1 is 1.12 bits per heavy atom. The number of amides is 1. The number of nitrogens with zero attached hydrogens (tertiary/aromatic N) is 3. The van der Waals surface area contributed by atoms with Crippen LogP contribution in [0.25, 0.3) is 0 Å². The smallest absolute Gasteiger partial charge is 0.258 e. The summed E-state index contributed by atoms with van der Waals surface area (Å²) < 4.78 is 28.3. The van der Waals surface area contributed by atoms with E-state index in [1.807, 2.05) is 24.4 Å². The Bertz CT molecular complexity index is 861. The number of benzene rings is 2. The van der Waals surface area contributed by atoms with Crippen molar-refractivity contribution in [1.82, 2.24) is 9.78 Å². The van der Waals surface area contributed by atoms with Gasteiger partial charge in [0.05, 0.1) is 6.54 Å². The number of hydrogen-bond acceptors (Lipinski definition) is 2. The average molecular weight is 341 g/mol. The van der Waals surface area contributed by atoms with Crippen LogP contribution >= 0.6 is 0 Å². The van der Waals surface area contributed by atoms with Crippen molar-refractivity contribution in [3.8, 4) is 0 Å². The van der Waals surface area contributed by atoms with Gasteiger partial charge in [-0.3, -0.25) is 9.48 Å². The Morgan fingerprint density at radius 2 is 1.88 bits per heavy atom. The molecule has 0 fully saturated rings. The van der Waals surface area contributed by atoms with Crippen LogP contribution in [0.4, 0.5) is 14.5 Å². The Hall–Kier alpha value is -3.02. The van der Waals surface area contributed by atoms with Crippen molar-refractivity contribution in [1.29, 1.82) is 0 Å². The SMILES string of the molecule is CCN(C(=O)c1ccc(Cn2cccn2)cc1)c1ccc(F)c(F)c1. The molecule has 0 N–H and O–H groups in total. The average Bonchev–Trinajstić information content (AvgIpc) is 3.12. The summed E-state index contributed by atoms with van der Waals surface area (Å²) in [4.78, 5) is 14.1. The van der Waals surface area contributed by atoms with E-state index in [9.17, 15) is 13.6 Å². The predicted octanol–water partition coefficient (Wildman–Crippen LogP) is 3.88. The fourth-order valence-corrected chi connectivity index (χ4v) is 2.59. The first kappa shape index (κ1) is 16.8. The minimum atomic E-state index is -0.974. The van der Waals surface area contributed by atoms with Crippen LogP contribution in [-0.2, 0) is 6.54 Å². The molecule has 3 aromatic rings. The van der Waals surface area contributed by atoms with Crippen LogP contribution in [0.15, 0.2) is 60.9 Å². The molecule has 0 aliphatic heterocycles. The Kier molecular flexibility index (Phi) is 4.88. The van der Waals surface area contributed by atoms with Gasteiger partial charge in [0.1, 0.15) is 0 Å². The van der Waals surface area contributed by atoms with Gasteiger partial charge in [-0.05, 0) is 42.8 Å². The van der Waals surface area contributed by atoms with E-state index in [0.717, 1.165) is 17.7 Å². The van der Waals surface area contributed by atoms with Gasteiger partial charge >= 0.3 is 0 Å². The van der Waals surface area contributed by atoms with Crippen molar-refractivity contribution in [2.75, 3.05) is 11.4 Å². The zero-order valence-electron chi connectivity index (χ0n) is 13.7. The molecule has 1 heterocycles. The van der Waals surface area contributed by atoms with Crippen LogP contribution in [0.3, 0.4) is 0 Å². The number of halogens is 2. The summed E-state index contributed by atoms with van der Waals surface area (Å²) in [7, 11) is 0. The first-order valence-electron chi connectivity index (χ1n) is 7.91. The molecule has 0 aliphatic rings. The van der Waals surface area contributed by atoms with Gasteiger partial charge in [0.2, 0.25) is 0 Å². The van der Waals surface area contributed by atoms with Gasteiger partial charge in [-0.1, -0.05) is 12.1 Å². The lowest BCUT2D eigenvalue weighted by Gasteiger charge is -2.21. The first-order valence-corrected chi connectivity index (χ1v) is 7.91. The third-order valence-electron chi connectivity index (χ3n) is 3.88. The van der Waals surface area contributed by atoms with Gasteiger partial charge in [-0.15, -0.1) is 0 Å². The number of aromatic nitrogens is 2. The summed E-state index contributed by atoms with van der Waals surface area (Å²) in [5.41, 5.74) is 1.82. The standard InChI is InChI=1S/C19H17F2N3O/c1-2-24(16-8-9-17(20)18(21)12-16)19(25)15-6-4-14(5-7-15)13-23-11-3-10-22-23/h3-12H,2,13H2,1H3. The van der Waals surface area contributed by atoms with Crippen molar-refractivity contribution in [2.45, 2.75) is 13.5 Å². The van der Waals surface area contributed by atoms with Crippen molar-refractivity contribution >= 4 is 11.6 Å². The summed E-state index contributed by atoms with van der Waals surface area (Å²) in [6.07, 6.45) is 3.57. The molecule has 0 aliphatic carbocycles. The van der Waals surface area contributed by atoms with Crippen LogP contribution in [0, 0.1) is 11.6 Å². The highest BCUT2D eigenvalue weighted by atomic mass is 19.2. The predicted molar refractivity (Wildman–Crippen MR) is 91.5 cm³/mol. The lowest BCUT2D eigenvalue weighted by atomic mass is 10.1. The van der Waals surface area contributed by atoms with Gasteiger partial charge in [0.25, 0.3) is 5.91 Å². The molecule has 0 bridgehead atoms.